The summed E-state index contributed by atoms with van der Waals surface area (Å²) in [6.45, 7) is 8.21. The van der Waals surface area contributed by atoms with Crippen LogP contribution in [0, 0.1) is 0 Å². The Morgan fingerprint density at radius 2 is 1.64 bits per heavy atom. The molecule has 0 radical (unpaired) electrons. The standard InChI is InChI=1S/C55H60N10O12/c1-3-38-39-28-37(13-14-43(39)59-47-40(38)30-65-45(47)29-42-41(49(65)68)32-75-51(71)55(42,74)4-2)77-54(73)64-25-23-63(24-26-64)48(67)34-11-9-33(10-12-34)31-76-53(72)60-44(50(69)70)15-16-46(66)62-21-19-61(20-22-62)36-8-5-7-35(27-36)58-52-56-17-6-18-57-52/h5,7-14,27-29,44,74H,3-4,6,15-26,30-32H2,1-2H3,(H,60,72)(H,69,70)(H2,56,57,58)/t44-,55-/m0/s1. The molecule has 5 aromatic rings. The van der Waals surface area contributed by atoms with Crippen molar-refractivity contribution in [2.24, 2.45) is 4.99 Å². The Morgan fingerprint density at radius 1 is 0.883 bits per heavy atom. The van der Waals surface area contributed by atoms with Gasteiger partial charge in [-0.2, -0.15) is 0 Å². The van der Waals surface area contributed by atoms with Crippen molar-refractivity contribution in [1.82, 2.24) is 34.9 Å². The van der Waals surface area contributed by atoms with Crippen LogP contribution in [-0.2, 0) is 55.6 Å². The third-order valence-corrected chi connectivity index (χ3v) is 15.0. The van der Waals surface area contributed by atoms with E-state index in [0.29, 0.717) is 66.4 Å². The number of carboxylic acids is 1. The van der Waals surface area contributed by atoms with E-state index >= 15 is 0 Å². The highest BCUT2D eigenvalue weighted by atomic mass is 16.6. The summed E-state index contributed by atoms with van der Waals surface area (Å²) in [5.41, 5.74) is 4.52. The number of amides is 4. The summed E-state index contributed by atoms with van der Waals surface area (Å²) >= 11 is 0. The Hall–Kier alpha value is -8.53. The van der Waals surface area contributed by atoms with Crippen molar-refractivity contribution in [3.8, 4) is 17.1 Å². The van der Waals surface area contributed by atoms with Crippen molar-refractivity contribution < 1.29 is 53.2 Å². The summed E-state index contributed by atoms with van der Waals surface area (Å²) in [6, 6.07) is 20.0. The molecule has 22 nitrogen and oxygen atoms in total. The zero-order valence-electron chi connectivity index (χ0n) is 42.8. The number of nitrogens with one attached hydrogen (secondary N) is 3. The number of aryl methyl sites for hydroxylation is 1. The summed E-state index contributed by atoms with van der Waals surface area (Å²) in [6.07, 6.45) is -0.116. The van der Waals surface area contributed by atoms with Crippen LogP contribution in [-0.4, -0.2) is 148 Å². The third-order valence-electron chi connectivity index (χ3n) is 15.0. The molecule has 2 saturated heterocycles. The molecule has 5 aliphatic rings. The molecule has 0 aliphatic carbocycles. The molecule has 10 rings (SSSR count). The minimum atomic E-state index is -1.94. The number of benzene rings is 3. The number of aliphatic imine (C=N–C) groups is 1. The number of guanidine groups is 1. The molecule has 0 unspecified atom stereocenters. The van der Waals surface area contributed by atoms with Gasteiger partial charge in [0.2, 0.25) is 5.91 Å². The molecule has 2 atom stereocenters. The summed E-state index contributed by atoms with van der Waals surface area (Å²) in [5, 5.41) is 30.8. The van der Waals surface area contributed by atoms with Crippen LogP contribution in [0.1, 0.15) is 77.7 Å². The highest BCUT2D eigenvalue weighted by Crippen LogP contribution is 2.41. The summed E-state index contributed by atoms with van der Waals surface area (Å²) in [5.74, 6) is -1.48. The number of piperazine rings is 2. The van der Waals surface area contributed by atoms with Gasteiger partial charge in [-0.15, -0.1) is 0 Å². The van der Waals surface area contributed by atoms with Crippen LogP contribution in [0.4, 0.5) is 21.0 Å². The Balaban J connectivity index is 0.667. The predicted molar refractivity (Wildman–Crippen MR) is 282 cm³/mol. The molecule has 0 spiro atoms. The maximum absolute atomic E-state index is 13.7. The van der Waals surface area contributed by atoms with Gasteiger partial charge in [-0.3, -0.25) is 19.4 Å². The molecular formula is C55H60N10O12. The molecule has 0 bridgehead atoms. The van der Waals surface area contributed by atoms with Crippen LogP contribution < -0.4 is 31.1 Å². The molecule has 2 aromatic heterocycles. The monoisotopic (exact) mass is 1050 g/mol. The Bertz CT molecular complexity index is 3260. The zero-order valence-corrected chi connectivity index (χ0v) is 42.8. The van der Waals surface area contributed by atoms with Crippen LogP contribution in [0.15, 0.2) is 82.6 Å². The van der Waals surface area contributed by atoms with Gasteiger partial charge in [-0.25, -0.2) is 24.2 Å². The molecular weight excluding hydrogens is 993 g/mol. The maximum Gasteiger partial charge on any atom is 0.415 e. The molecule has 3 aromatic carbocycles. The quantitative estimate of drug-likeness (QED) is 0.102. The molecule has 5 aliphatic heterocycles. The van der Waals surface area contributed by atoms with Crippen LogP contribution in [0.25, 0.3) is 22.3 Å². The topological polar surface area (TPSA) is 267 Å². The van der Waals surface area contributed by atoms with Gasteiger partial charge in [0.1, 0.15) is 25.0 Å². The van der Waals surface area contributed by atoms with Crippen molar-refractivity contribution in [2.75, 3.05) is 75.7 Å². The number of hydrogen-bond donors (Lipinski definition) is 5. The molecule has 22 heteroatoms. The van der Waals surface area contributed by atoms with Crippen molar-refractivity contribution in [2.45, 2.75) is 77.4 Å². The first-order chi connectivity index (χ1) is 37.2. The number of nitrogens with zero attached hydrogens (tertiary/aromatic N) is 7. The number of alkyl carbamates (subject to hydrolysis) is 1. The third kappa shape index (κ3) is 10.7. The molecule has 2 fully saturated rings. The van der Waals surface area contributed by atoms with E-state index in [2.05, 4.69) is 25.8 Å². The Kier molecular flexibility index (Phi) is 14.8. The van der Waals surface area contributed by atoms with Crippen LogP contribution >= 0.6 is 0 Å². The molecule has 5 N–H and O–H groups in total. The van der Waals surface area contributed by atoms with Crippen LogP contribution in [0.2, 0.25) is 0 Å². The number of pyridine rings is 2. The Labute approximate surface area is 442 Å². The number of aromatic nitrogens is 2. The maximum atomic E-state index is 13.7. The number of carbonyl (C=O) groups excluding carboxylic acids is 5. The fraction of sp³-hybridized carbons (Fsp3) is 0.400. The largest absolute Gasteiger partial charge is 0.480 e. The molecule has 4 amide bonds. The summed E-state index contributed by atoms with van der Waals surface area (Å²) in [7, 11) is 0. The number of carbonyl (C=O) groups is 6. The number of rotatable bonds is 13. The van der Waals surface area contributed by atoms with E-state index in [1.165, 1.54) is 4.90 Å². The summed E-state index contributed by atoms with van der Waals surface area (Å²) in [4.78, 5) is 108. The van der Waals surface area contributed by atoms with Gasteiger partial charge >= 0.3 is 24.1 Å². The minimum absolute atomic E-state index is 0.0369. The highest BCUT2D eigenvalue weighted by Gasteiger charge is 2.45. The minimum Gasteiger partial charge on any atom is -0.480 e. The number of carboxylic acid groups (broad SMARTS) is 1. The van der Waals surface area contributed by atoms with Gasteiger partial charge in [0, 0.05) is 105 Å². The van der Waals surface area contributed by atoms with Gasteiger partial charge in [-0.1, -0.05) is 32.0 Å². The fourth-order valence-corrected chi connectivity index (χ4v) is 10.6. The van der Waals surface area contributed by atoms with E-state index in [1.807, 2.05) is 31.2 Å². The lowest BCUT2D eigenvalue weighted by Gasteiger charge is -2.36. The number of ether oxygens (including phenoxy) is 3. The second-order valence-corrected chi connectivity index (χ2v) is 19.6. The van der Waals surface area contributed by atoms with Gasteiger partial charge in [0.25, 0.3) is 11.5 Å². The molecule has 77 heavy (non-hydrogen) atoms. The van der Waals surface area contributed by atoms with Crippen molar-refractivity contribution in [3.63, 3.8) is 0 Å². The number of esters is 1. The molecule has 402 valence electrons. The second-order valence-electron chi connectivity index (χ2n) is 19.6. The van der Waals surface area contributed by atoms with Crippen molar-refractivity contribution in [3.05, 3.63) is 117 Å². The lowest BCUT2D eigenvalue weighted by atomic mass is 9.86. The number of aliphatic carboxylic acids is 1. The average Bonchev–Trinajstić information content (AvgIpc) is 3.99. The molecule has 7 heterocycles. The number of fused-ring (bicyclic) bond motifs is 5. The zero-order chi connectivity index (χ0) is 54.0. The Morgan fingerprint density at radius 3 is 2.35 bits per heavy atom. The van der Waals surface area contributed by atoms with E-state index in [4.69, 9.17) is 19.2 Å². The van der Waals surface area contributed by atoms with E-state index in [0.717, 1.165) is 53.4 Å². The lowest BCUT2D eigenvalue weighted by Crippen LogP contribution is -2.51. The normalized spacial score (nSPS) is 18.2. The average molecular weight is 1050 g/mol. The fourth-order valence-electron chi connectivity index (χ4n) is 10.6. The second kappa shape index (κ2) is 22.0. The van der Waals surface area contributed by atoms with E-state index in [1.54, 1.807) is 69.8 Å². The van der Waals surface area contributed by atoms with Crippen molar-refractivity contribution >= 4 is 64.2 Å². The van der Waals surface area contributed by atoms with Gasteiger partial charge < -0.3 is 64.5 Å². The summed E-state index contributed by atoms with van der Waals surface area (Å²) < 4.78 is 18.0. The predicted octanol–water partition coefficient (Wildman–Crippen LogP) is 4.17. The number of aliphatic hydroxyl groups is 1. The number of anilines is 2. The number of hydrogen-bond acceptors (Lipinski definition) is 16. The van der Waals surface area contributed by atoms with Crippen LogP contribution in [0.3, 0.4) is 0 Å². The first-order valence-electron chi connectivity index (χ1n) is 26.0. The first-order valence-corrected chi connectivity index (χ1v) is 26.0. The number of cyclic esters (lactones) is 1. The lowest BCUT2D eigenvalue weighted by molar-refractivity contribution is -0.172. The first kappa shape index (κ1) is 51.9. The SMILES string of the molecule is CCc1c2c(nc3ccc(OC(=O)N4CCN(C(=O)c5ccc(COC(=O)N[C@@H](CCC(=O)N6CCN(c7cccc(NC8=NCCCN8)c7)CC6)C(=O)O)cc5)CC4)cc13)-c1cc3c(c(=O)n1C2)COC(=O)[C@]3(O)CC. The van der Waals surface area contributed by atoms with Crippen LogP contribution in [0.5, 0.6) is 5.75 Å². The van der Waals surface area contributed by atoms with Gasteiger partial charge in [-0.05, 0) is 91.4 Å². The van der Waals surface area contributed by atoms with Gasteiger partial charge in [0.15, 0.2) is 11.6 Å². The molecule has 0 saturated carbocycles. The van der Waals surface area contributed by atoms with Crippen molar-refractivity contribution in [1.29, 1.82) is 0 Å². The van der Waals surface area contributed by atoms with E-state index in [-0.39, 0.29) is 93.7 Å². The van der Waals surface area contributed by atoms with Gasteiger partial charge in [0.05, 0.1) is 29.0 Å². The van der Waals surface area contributed by atoms with E-state index in [9.17, 15) is 43.8 Å². The van der Waals surface area contributed by atoms with E-state index < -0.39 is 35.8 Å². The smallest absolute Gasteiger partial charge is 0.415 e. The highest BCUT2D eigenvalue weighted by molar-refractivity contribution is 5.95.